The molecule has 0 N–H and O–H groups in total. The molecular formula is C10H6O4. The quantitative estimate of drug-likeness (QED) is 0.358. The highest BCUT2D eigenvalue weighted by Gasteiger charge is 2.15. The first-order chi connectivity index (χ1) is 6.75. The van der Waals surface area contributed by atoms with E-state index in [9.17, 15) is 9.59 Å². The van der Waals surface area contributed by atoms with Gasteiger partial charge >= 0.3 is 11.9 Å². The lowest BCUT2D eigenvalue weighted by Crippen LogP contribution is -1.96. The molecule has 4 heteroatoms. The predicted molar refractivity (Wildman–Crippen MR) is 46.8 cm³/mol. The van der Waals surface area contributed by atoms with Crippen LogP contribution in [-0.2, 0) is 14.3 Å². The molecule has 1 aromatic rings. The van der Waals surface area contributed by atoms with Gasteiger partial charge in [0.05, 0.1) is 0 Å². The monoisotopic (exact) mass is 190 g/mol. The first kappa shape index (κ1) is 8.50. The predicted octanol–water partition coefficient (Wildman–Crippen LogP) is 1.42. The van der Waals surface area contributed by atoms with Crippen LogP contribution in [0.5, 0.6) is 11.5 Å². The number of esters is 2. The molecule has 0 fully saturated rings. The lowest BCUT2D eigenvalue weighted by Gasteiger charge is -1.80. The Morgan fingerprint density at radius 3 is 1.57 bits per heavy atom. The Hall–Kier alpha value is -2.10. The number of para-hydroxylation sites is 2. The zero-order valence-electron chi connectivity index (χ0n) is 7.10. The van der Waals surface area contributed by atoms with Gasteiger partial charge in [-0.15, -0.1) is 0 Å². The van der Waals surface area contributed by atoms with Crippen LogP contribution < -0.4 is 4.74 Å². The van der Waals surface area contributed by atoms with Gasteiger partial charge in [-0.3, -0.25) is 0 Å². The SMILES string of the molecule is O=C1C=CC(=O)O1.c1ccc2c(c1)O2. The molecule has 0 saturated carbocycles. The van der Waals surface area contributed by atoms with E-state index < -0.39 is 11.9 Å². The topological polar surface area (TPSA) is 55.9 Å². The highest BCUT2D eigenvalue weighted by molar-refractivity contribution is 6.04. The molecule has 4 nitrogen and oxygen atoms in total. The van der Waals surface area contributed by atoms with Crippen LogP contribution in [0.1, 0.15) is 0 Å². The van der Waals surface area contributed by atoms with E-state index in [1.807, 2.05) is 24.3 Å². The number of ether oxygens (including phenoxy) is 2. The van der Waals surface area contributed by atoms with Crippen molar-refractivity contribution in [3.63, 3.8) is 0 Å². The minimum atomic E-state index is -0.579. The summed E-state index contributed by atoms with van der Waals surface area (Å²) in [4.78, 5) is 19.8. The van der Waals surface area contributed by atoms with Crippen LogP contribution in [0.4, 0.5) is 0 Å². The van der Waals surface area contributed by atoms with E-state index in [0.29, 0.717) is 0 Å². The van der Waals surface area contributed by atoms with Gasteiger partial charge in [-0.05, 0) is 12.1 Å². The molecule has 0 aromatic heterocycles. The fourth-order valence-corrected chi connectivity index (χ4v) is 0.914. The van der Waals surface area contributed by atoms with Crippen molar-refractivity contribution in [2.24, 2.45) is 0 Å². The van der Waals surface area contributed by atoms with E-state index in [-0.39, 0.29) is 0 Å². The molecule has 3 rings (SSSR count). The van der Waals surface area contributed by atoms with E-state index in [4.69, 9.17) is 4.74 Å². The van der Waals surface area contributed by atoms with E-state index in [2.05, 4.69) is 4.74 Å². The van der Waals surface area contributed by atoms with Crippen LogP contribution in [0.3, 0.4) is 0 Å². The van der Waals surface area contributed by atoms with E-state index in [1.54, 1.807) is 0 Å². The molecule has 1 aromatic carbocycles. The molecule has 0 radical (unpaired) electrons. The first-order valence-electron chi connectivity index (χ1n) is 3.96. The number of rotatable bonds is 0. The number of carbonyl (C=O) groups is 2. The molecule has 2 aliphatic heterocycles. The van der Waals surface area contributed by atoms with E-state index in [0.717, 1.165) is 23.7 Å². The van der Waals surface area contributed by atoms with Gasteiger partial charge in [0, 0.05) is 12.2 Å². The second kappa shape index (κ2) is 3.33. The number of cyclic esters (lactones) is 2. The number of carbonyl (C=O) groups excluding carboxylic acids is 2. The minimum absolute atomic E-state index is 0.579. The summed E-state index contributed by atoms with van der Waals surface area (Å²) in [6.07, 6.45) is 2.17. The Labute approximate surface area is 79.7 Å². The van der Waals surface area contributed by atoms with Gasteiger partial charge in [-0.2, -0.15) is 0 Å². The lowest BCUT2D eigenvalue weighted by molar-refractivity contribution is -0.150. The fraction of sp³-hybridized carbons (Fsp3) is 0. The summed E-state index contributed by atoms with van der Waals surface area (Å²) in [6.45, 7) is 0. The van der Waals surface area contributed by atoms with Crippen molar-refractivity contribution in [2.75, 3.05) is 0 Å². The molecule has 14 heavy (non-hydrogen) atoms. The van der Waals surface area contributed by atoms with Crippen LogP contribution in [0, 0.1) is 0 Å². The molecule has 0 unspecified atom stereocenters. The molecule has 0 aliphatic carbocycles. The average Bonchev–Trinajstić information content (AvgIpc) is 2.87. The van der Waals surface area contributed by atoms with Gasteiger partial charge < -0.3 is 9.47 Å². The van der Waals surface area contributed by atoms with Gasteiger partial charge in [-0.25, -0.2) is 9.59 Å². The van der Waals surface area contributed by atoms with Crippen LogP contribution in [0.2, 0.25) is 0 Å². The average molecular weight is 190 g/mol. The highest BCUT2D eigenvalue weighted by atomic mass is 16.6. The van der Waals surface area contributed by atoms with Gasteiger partial charge in [-0.1, -0.05) is 12.1 Å². The largest absolute Gasteiger partial charge is 0.450 e. The summed E-state index contributed by atoms with van der Waals surface area (Å²) in [5.74, 6) is 0.903. The Balaban J connectivity index is 0.000000107. The van der Waals surface area contributed by atoms with Crippen molar-refractivity contribution in [3.8, 4) is 11.5 Å². The standard InChI is InChI=1S/C6H4O.C4H2O3/c1-2-4-6-5(3-1)7-6;5-3-1-2-4(6)7-3/h1-4H;1-2H. The van der Waals surface area contributed by atoms with Crippen LogP contribution in [-0.4, -0.2) is 11.9 Å². The lowest BCUT2D eigenvalue weighted by atomic mass is 10.4. The van der Waals surface area contributed by atoms with Crippen molar-refractivity contribution in [1.82, 2.24) is 0 Å². The maximum Gasteiger partial charge on any atom is 0.338 e. The number of hydrogen-bond acceptors (Lipinski definition) is 4. The summed E-state index contributed by atoms with van der Waals surface area (Å²) in [7, 11) is 0. The van der Waals surface area contributed by atoms with E-state index in [1.165, 1.54) is 0 Å². The highest BCUT2D eigenvalue weighted by Crippen LogP contribution is 2.43. The zero-order valence-corrected chi connectivity index (χ0v) is 7.10. The number of fused-ring (bicyclic) bond motifs is 1. The molecule has 2 heterocycles. The van der Waals surface area contributed by atoms with Crippen molar-refractivity contribution < 1.29 is 19.1 Å². The third-order valence-corrected chi connectivity index (χ3v) is 1.58. The van der Waals surface area contributed by atoms with Crippen molar-refractivity contribution in [3.05, 3.63) is 36.4 Å². The first-order valence-corrected chi connectivity index (χ1v) is 3.96. The summed E-state index contributed by atoms with van der Waals surface area (Å²) in [5.41, 5.74) is 0. The van der Waals surface area contributed by atoms with Gasteiger partial charge in [0.15, 0.2) is 11.5 Å². The van der Waals surface area contributed by atoms with Crippen molar-refractivity contribution >= 4 is 11.9 Å². The van der Waals surface area contributed by atoms with Gasteiger partial charge in [0.1, 0.15) is 0 Å². The summed E-state index contributed by atoms with van der Waals surface area (Å²) >= 11 is 0. The third-order valence-electron chi connectivity index (χ3n) is 1.58. The smallest absolute Gasteiger partial charge is 0.338 e. The van der Waals surface area contributed by atoms with Crippen molar-refractivity contribution in [1.29, 1.82) is 0 Å². The molecule has 0 atom stereocenters. The molecular weight excluding hydrogens is 184 g/mol. The Morgan fingerprint density at radius 2 is 1.29 bits per heavy atom. The van der Waals surface area contributed by atoms with Crippen LogP contribution in [0.15, 0.2) is 36.4 Å². The molecule has 70 valence electrons. The summed E-state index contributed by atoms with van der Waals surface area (Å²) in [5, 5.41) is 0. The zero-order chi connectivity index (χ0) is 9.97. The van der Waals surface area contributed by atoms with Crippen molar-refractivity contribution in [2.45, 2.75) is 0 Å². The Bertz CT molecular complexity index is 383. The molecule has 0 spiro atoms. The summed E-state index contributed by atoms with van der Waals surface area (Å²) in [6, 6.07) is 7.84. The number of benzene rings is 1. The van der Waals surface area contributed by atoms with Gasteiger partial charge in [0.2, 0.25) is 0 Å². The Morgan fingerprint density at radius 1 is 0.786 bits per heavy atom. The van der Waals surface area contributed by atoms with E-state index >= 15 is 0 Å². The summed E-state index contributed by atoms with van der Waals surface area (Å²) < 4.78 is 8.91. The minimum Gasteiger partial charge on any atom is -0.450 e. The second-order valence-electron chi connectivity index (χ2n) is 2.62. The molecule has 2 aliphatic rings. The second-order valence-corrected chi connectivity index (χ2v) is 2.62. The molecule has 0 bridgehead atoms. The van der Waals surface area contributed by atoms with Gasteiger partial charge in [0.25, 0.3) is 0 Å². The normalized spacial score (nSPS) is 14.9. The Kier molecular flexibility index (Phi) is 2.02. The third kappa shape index (κ3) is 1.98. The maximum atomic E-state index is 9.92. The maximum absolute atomic E-state index is 9.92. The molecule has 0 saturated heterocycles. The van der Waals surface area contributed by atoms with Crippen LogP contribution in [0.25, 0.3) is 0 Å². The number of hydrogen-bond donors (Lipinski definition) is 0. The van der Waals surface area contributed by atoms with Crippen LogP contribution >= 0.6 is 0 Å². The fourth-order valence-electron chi connectivity index (χ4n) is 0.914. The molecule has 0 amide bonds.